The van der Waals surface area contributed by atoms with Crippen LogP contribution in [-0.2, 0) is 24.2 Å². The average Bonchev–Trinajstić information content (AvgIpc) is 3.46. The Morgan fingerprint density at radius 2 is 1.89 bits per heavy atom. The quantitative estimate of drug-likeness (QED) is 0.710. The van der Waals surface area contributed by atoms with Crippen molar-refractivity contribution < 1.29 is 23.5 Å². The fraction of sp³-hybridized carbons (Fsp3) is 0.560. The van der Waals surface area contributed by atoms with Crippen LogP contribution in [0.2, 0.25) is 0 Å². The maximum atomic E-state index is 14.0. The molecule has 0 spiro atoms. The van der Waals surface area contributed by atoms with Gasteiger partial charge in [0.1, 0.15) is 18.5 Å². The van der Waals surface area contributed by atoms with Gasteiger partial charge in [-0.2, -0.15) is 5.10 Å². The van der Waals surface area contributed by atoms with E-state index in [0.717, 1.165) is 29.8 Å². The Balaban J connectivity index is 1.25. The van der Waals surface area contributed by atoms with Gasteiger partial charge in [0.25, 0.3) is 5.91 Å². The third kappa shape index (κ3) is 4.51. The van der Waals surface area contributed by atoms with Crippen molar-refractivity contribution in [1.82, 2.24) is 19.6 Å². The number of piperidine rings is 1. The topological polar surface area (TPSA) is 81.9 Å². The van der Waals surface area contributed by atoms with Crippen LogP contribution >= 0.6 is 0 Å². The zero-order valence-electron chi connectivity index (χ0n) is 19.9. The number of hydrogen-bond donors (Lipinski definition) is 1. The number of amides is 2. The van der Waals surface area contributed by atoms with Crippen molar-refractivity contribution in [2.45, 2.75) is 51.4 Å². The molecular formula is C25H31F2N5O3. The zero-order chi connectivity index (χ0) is 24.7. The van der Waals surface area contributed by atoms with Crippen molar-refractivity contribution in [2.75, 3.05) is 44.2 Å². The summed E-state index contributed by atoms with van der Waals surface area (Å²) < 4.78 is 29.6. The van der Waals surface area contributed by atoms with Crippen LogP contribution < -0.4 is 4.90 Å². The van der Waals surface area contributed by atoms with Crippen molar-refractivity contribution in [3.8, 4) is 0 Å². The Kier molecular flexibility index (Phi) is 6.48. The van der Waals surface area contributed by atoms with Gasteiger partial charge in [-0.05, 0) is 44.7 Å². The molecule has 2 atom stereocenters. The molecule has 0 unspecified atom stereocenters. The number of aromatic nitrogens is 2. The van der Waals surface area contributed by atoms with Crippen LogP contribution in [0.1, 0.15) is 40.2 Å². The van der Waals surface area contributed by atoms with Gasteiger partial charge in [-0.25, -0.2) is 8.78 Å². The molecule has 0 bridgehead atoms. The highest BCUT2D eigenvalue weighted by molar-refractivity contribution is 5.94. The largest absolute Gasteiger partial charge is 0.390 e. The second-order valence-electron chi connectivity index (χ2n) is 9.66. The number of halogens is 2. The van der Waals surface area contributed by atoms with E-state index < -0.39 is 12.3 Å². The number of aliphatic hydroxyl groups is 1. The zero-order valence-corrected chi connectivity index (χ0v) is 19.9. The molecule has 0 saturated carbocycles. The van der Waals surface area contributed by atoms with Crippen LogP contribution in [0.3, 0.4) is 0 Å². The molecule has 1 N–H and O–H groups in total. The molecular weight excluding hydrogens is 456 g/mol. The van der Waals surface area contributed by atoms with Crippen LogP contribution in [0.4, 0.5) is 14.5 Å². The number of fused-ring (bicyclic) bond motifs is 1. The van der Waals surface area contributed by atoms with E-state index in [1.165, 1.54) is 11.0 Å². The summed E-state index contributed by atoms with van der Waals surface area (Å²) in [5.74, 6) is -0.633. The van der Waals surface area contributed by atoms with E-state index in [1.54, 1.807) is 22.6 Å². The van der Waals surface area contributed by atoms with Gasteiger partial charge in [0.2, 0.25) is 5.91 Å². The van der Waals surface area contributed by atoms with E-state index in [4.69, 9.17) is 0 Å². The number of aliphatic hydroxyl groups excluding tert-OH is 1. The summed E-state index contributed by atoms with van der Waals surface area (Å²) in [6.07, 6.45) is 0.0586. The van der Waals surface area contributed by atoms with Crippen molar-refractivity contribution >= 4 is 17.5 Å². The molecule has 2 fully saturated rings. The fourth-order valence-corrected chi connectivity index (χ4v) is 5.40. The number of benzene rings is 1. The minimum Gasteiger partial charge on any atom is -0.390 e. The highest BCUT2D eigenvalue weighted by atomic mass is 19.1. The Labute approximate surface area is 203 Å². The Morgan fingerprint density at radius 1 is 1.11 bits per heavy atom. The monoisotopic (exact) mass is 487 g/mol. The lowest BCUT2D eigenvalue weighted by molar-refractivity contribution is -0.132. The van der Waals surface area contributed by atoms with E-state index in [2.05, 4.69) is 10.00 Å². The Bertz CT molecular complexity index is 1130. The molecule has 2 amide bonds. The van der Waals surface area contributed by atoms with Gasteiger partial charge in [-0.15, -0.1) is 0 Å². The van der Waals surface area contributed by atoms with E-state index in [-0.39, 0.29) is 43.7 Å². The molecule has 3 aliphatic rings. The molecule has 2 aromatic rings. The smallest absolute Gasteiger partial charge is 0.274 e. The van der Waals surface area contributed by atoms with Crippen molar-refractivity contribution in [3.63, 3.8) is 0 Å². The number of nitrogens with zero attached hydrogens (tertiary/aromatic N) is 5. The third-order valence-electron chi connectivity index (χ3n) is 7.50. The standard InChI is InChI=1S/C25H31F2N5O3/c1-16-18(26)5-3-6-20(16)29-10-12-30(13-11-29)23(34)15-32-21-7-2-4-17(21)24(28-32)25(35)31-9-8-22(33)19(27)14-31/h3,5-6,19,22,33H,2,4,7-15H2,1H3/t19-,22+/m1/s1. The predicted molar refractivity (Wildman–Crippen MR) is 126 cm³/mol. The van der Waals surface area contributed by atoms with Crippen LogP contribution in [0.25, 0.3) is 0 Å². The first kappa shape index (κ1) is 23.7. The summed E-state index contributed by atoms with van der Waals surface area (Å²) in [4.78, 5) is 31.5. The first-order valence-electron chi connectivity index (χ1n) is 12.3. The van der Waals surface area contributed by atoms with Gasteiger partial charge < -0.3 is 19.8 Å². The summed E-state index contributed by atoms with van der Waals surface area (Å²) in [5, 5.41) is 14.2. The second kappa shape index (κ2) is 9.56. The molecule has 10 heteroatoms. The molecule has 5 rings (SSSR count). The normalized spacial score (nSPS) is 22.5. The molecule has 3 heterocycles. The van der Waals surface area contributed by atoms with Gasteiger partial charge in [0.05, 0.1) is 12.6 Å². The lowest BCUT2D eigenvalue weighted by Gasteiger charge is -2.37. The number of alkyl halides is 1. The Hall–Kier alpha value is -3.01. The summed E-state index contributed by atoms with van der Waals surface area (Å²) in [5.41, 5.74) is 3.53. The second-order valence-corrected chi connectivity index (χ2v) is 9.66. The molecule has 1 aliphatic carbocycles. The highest BCUT2D eigenvalue weighted by Crippen LogP contribution is 2.28. The molecule has 35 heavy (non-hydrogen) atoms. The van der Waals surface area contributed by atoms with E-state index in [0.29, 0.717) is 43.9 Å². The van der Waals surface area contributed by atoms with E-state index in [1.807, 2.05) is 6.07 Å². The summed E-state index contributed by atoms with van der Waals surface area (Å²) in [6.45, 7) is 4.24. The molecule has 2 saturated heterocycles. The number of likely N-dealkylation sites (tertiary alicyclic amines) is 1. The van der Waals surface area contributed by atoms with Gasteiger partial charge in [-0.1, -0.05) is 6.07 Å². The van der Waals surface area contributed by atoms with E-state index in [9.17, 15) is 23.5 Å². The average molecular weight is 488 g/mol. The van der Waals surface area contributed by atoms with Crippen LogP contribution in [0.5, 0.6) is 0 Å². The van der Waals surface area contributed by atoms with Crippen LogP contribution in [0.15, 0.2) is 18.2 Å². The fourth-order valence-electron chi connectivity index (χ4n) is 5.40. The number of carbonyl (C=O) groups is 2. The van der Waals surface area contributed by atoms with Gasteiger partial charge in [0.15, 0.2) is 5.69 Å². The van der Waals surface area contributed by atoms with Crippen molar-refractivity contribution in [3.05, 3.63) is 46.5 Å². The third-order valence-corrected chi connectivity index (χ3v) is 7.50. The lowest BCUT2D eigenvalue weighted by Crippen LogP contribution is -2.50. The number of piperazine rings is 1. The molecule has 188 valence electrons. The summed E-state index contributed by atoms with van der Waals surface area (Å²) >= 11 is 0. The van der Waals surface area contributed by atoms with Crippen molar-refractivity contribution in [1.29, 1.82) is 0 Å². The van der Waals surface area contributed by atoms with Crippen LogP contribution in [0, 0.1) is 12.7 Å². The molecule has 1 aromatic heterocycles. The number of carbonyl (C=O) groups excluding carboxylic acids is 2. The summed E-state index contributed by atoms with van der Waals surface area (Å²) in [7, 11) is 0. The number of anilines is 1. The highest BCUT2D eigenvalue weighted by Gasteiger charge is 2.35. The number of hydrogen-bond acceptors (Lipinski definition) is 5. The van der Waals surface area contributed by atoms with Crippen molar-refractivity contribution in [2.24, 2.45) is 0 Å². The molecule has 8 nitrogen and oxygen atoms in total. The maximum absolute atomic E-state index is 14.0. The molecule has 2 aliphatic heterocycles. The van der Waals surface area contributed by atoms with Gasteiger partial charge in [-0.3, -0.25) is 14.3 Å². The lowest BCUT2D eigenvalue weighted by atomic mass is 10.1. The maximum Gasteiger partial charge on any atom is 0.274 e. The molecule has 0 radical (unpaired) electrons. The molecule has 1 aromatic carbocycles. The predicted octanol–water partition coefficient (Wildman–Crippen LogP) is 1.71. The van der Waals surface area contributed by atoms with Gasteiger partial charge >= 0.3 is 0 Å². The first-order valence-corrected chi connectivity index (χ1v) is 12.3. The first-order chi connectivity index (χ1) is 16.8. The number of rotatable bonds is 4. The minimum atomic E-state index is -1.46. The van der Waals surface area contributed by atoms with Crippen LogP contribution in [-0.4, -0.2) is 88.0 Å². The van der Waals surface area contributed by atoms with E-state index >= 15 is 0 Å². The van der Waals surface area contributed by atoms with Gasteiger partial charge in [0, 0.05) is 55.2 Å². The SMILES string of the molecule is Cc1c(F)cccc1N1CCN(C(=O)Cn2nc(C(=O)N3CC[C@H](O)[C@H](F)C3)c3c2CCC3)CC1. The Morgan fingerprint density at radius 3 is 2.63 bits per heavy atom. The minimum absolute atomic E-state index is 0.0546. The summed E-state index contributed by atoms with van der Waals surface area (Å²) in [6, 6.07) is 5.05.